The van der Waals surface area contributed by atoms with Crippen molar-refractivity contribution in [3.05, 3.63) is 0 Å². The van der Waals surface area contributed by atoms with Gasteiger partial charge in [0.1, 0.15) is 0 Å². The first kappa shape index (κ1) is 15.3. The Morgan fingerprint density at radius 1 is 1.44 bits per heavy atom. The molecule has 2 unspecified atom stereocenters. The molecule has 4 N–H and O–H groups in total. The number of carboxylic acids is 1. The first-order valence-electron chi connectivity index (χ1n) is 5.28. The first-order valence-corrected chi connectivity index (χ1v) is 5.28. The molecule has 0 aliphatic rings. The van der Waals surface area contributed by atoms with E-state index in [9.17, 15) is 4.79 Å². The highest BCUT2D eigenvalue weighted by Gasteiger charge is 2.30. The molecular formula is C10H23N2O4+. The number of hydrogen-bond donors (Lipinski definition) is 3. The van der Waals surface area contributed by atoms with Crippen LogP contribution in [0.15, 0.2) is 0 Å². The summed E-state index contributed by atoms with van der Waals surface area (Å²) in [7, 11) is 5.48. The maximum Gasteiger partial charge on any atom is 0.362 e. The lowest BCUT2D eigenvalue weighted by molar-refractivity contribution is -0.887. The van der Waals surface area contributed by atoms with Gasteiger partial charge in [-0.05, 0) is 0 Å². The second-order valence-electron chi connectivity index (χ2n) is 4.72. The zero-order valence-electron chi connectivity index (χ0n) is 10.2. The van der Waals surface area contributed by atoms with E-state index in [1.165, 1.54) is 0 Å². The van der Waals surface area contributed by atoms with Crippen molar-refractivity contribution >= 4 is 5.97 Å². The summed E-state index contributed by atoms with van der Waals surface area (Å²) in [6.45, 7) is 0.612. The summed E-state index contributed by atoms with van der Waals surface area (Å²) < 4.78 is 5.50. The number of aliphatic hydroxyl groups excluding tert-OH is 1. The van der Waals surface area contributed by atoms with E-state index in [4.69, 9.17) is 20.7 Å². The Morgan fingerprint density at radius 3 is 2.38 bits per heavy atom. The van der Waals surface area contributed by atoms with Gasteiger partial charge in [-0.1, -0.05) is 0 Å². The van der Waals surface area contributed by atoms with Crippen LogP contribution in [0.3, 0.4) is 0 Å². The van der Waals surface area contributed by atoms with Crippen molar-refractivity contribution in [2.45, 2.75) is 18.6 Å². The lowest BCUT2D eigenvalue weighted by Gasteiger charge is -2.31. The molecule has 0 amide bonds. The first-order chi connectivity index (χ1) is 7.29. The number of rotatable bonds is 8. The molecule has 0 radical (unpaired) electrons. The summed E-state index contributed by atoms with van der Waals surface area (Å²) in [4.78, 5) is 11.0. The average Bonchev–Trinajstić information content (AvgIpc) is 2.14. The minimum atomic E-state index is -0.838. The van der Waals surface area contributed by atoms with Gasteiger partial charge >= 0.3 is 5.97 Å². The molecular weight excluding hydrogens is 212 g/mol. The SMILES string of the molecule is C[N+](C)(C)C(CCOCC(O)CN)C(=O)O. The Kier molecular flexibility index (Phi) is 6.51. The van der Waals surface area contributed by atoms with E-state index in [-0.39, 0.29) is 13.2 Å². The number of aliphatic carboxylic acids is 1. The lowest BCUT2D eigenvalue weighted by atomic mass is 10.1. The van der Waals surface area contributed by atoms with Gasteiger partial charge in [0.15, 0.2) is 6.04 Å². The molecule has 0 spiro atoms. The van der Waals surface area contributed by atoms with Crippen LogP contribution in [0.25, 0.3) is 0 Å². The molecule has 0 saturated carbocycles. The van der Waals surface area contributed by atoms with Crippen LogP contribution in [0.2, 0.25) is 0 Å². The Morgan fingerprint density at radius 2 is 2.00 bits per heavy atom. The van der Waals surface area contributed by atoms with Crippen LogP contribution in [0.4, 0.5) is 0 Å². The molecule has 6 nitrogen and oxygen atoms in total. The topological polar surface area (TPSA) is 92.8 Å². The van der Waals surface area contributed by atoms with Crippen molar-refractivity contribution in [2.75, 3.05) is 40.9 Å². The minimum Gasteiger partial charge on any atom is -0.477 e. The second-order valence-corrected chi connectivity index (χ2v) is 4.72. The van der Waals surface area contributed by atoms with Gasteiger partial charge in [0.05, 0.1) is 40.5 Å². The van der Waals surface area contributed by atoms with Crippen molar-refractivity contribution in [3.8, 4) is 0 Å². The average molecular weight is 235 g/mol. The van der Waals surface area contributed by atoms with Crippen LogP contribution in [0.5, 0.6) is 0 Å². The van der Waals surface area contributed by atoms with E-state index in [1.54, 1.807) is 0 Å². The fourth-order valence-corrected chi connectivity index (χ4v) is 1.32. The van der Waals surface area contributed by atoms with Gasteiger partial charge in [0.25, 0.3) is 0 Å². The molecule has 0 aliphatic carbocycles. The van der Waals surface area contributed by atoms with E-state index in [0.717, 1.165) is 0 Å². The summed E-state index contributed by atoms with van der Waals surface area (Å²) in [5, 5.41) is 18.1. The van der Waals surface area contributed by atoms with E-state index in [2.05, 4.69) is 0 Å². The summed E-state index contributed by atoms with van der Waals surface area (Å²) >= 11 is 0. The third-order valence-electron chi connectivity index (χ3n) is 2.34. The maximum atomic E-state index is 11.0. The standard InChI is InChI=1S/C10H22N2O4/c1-12(2,3)9(10(14)15)4-5-16-7-8(13)6-11/h8-9,13H,4-7,11H2,1-3H3/p+1. The molecule has 0 aliphatic heterocycles. The zero-order valence-corrected chi connectivity index (χ0v) is 10.2. The quantitative estimate of drug-likeness (QED) is 0.366. The van der Waals surface area contributed by atoms with Crippen LogP contribution in [0, 0.1) is 0 Å². The molecule has 0 aromatic heterocycles. The van der Waals surface area contributed by atoms with Gasteiger partial charge in [-0.25, -0.2) is 4.79 Å². The van der Waals surface area contributed by atoms with E-state index < -0.39 is 18.1 Å². The molecule has 0 bridgehead atoms. The maximum absolute atomic E-state index is 11.0. The third kappa shape index (κ3) is 6.02. The molecule has 96 valence electrons. The number of likely N-dealkylation sites (N-methyl/N-ethyl adjacent to an activating group) is 1. The molecule has 0 fully saturated rings. The van der Waals surface area contributed by atoms with Gasteiger partial charge in [0, 0.05) is 13.0 Å². The second kappa shape index (κ2) is 6.80. The smallest absolute Gasteiger partial charge is 0.362 e. The van der Waals surface area contributed by atoms with Gasteiger partial charge in [-0.3, -0.25) is 0 Å². The Bertz CT molecular complexity index is 215. The lowest BCUT2D eigenvalue weighted by Crippen LogP contribution is -2.50. The van der Waals surface area contributed by atoms with Gasteiger partial charge in [-0.2, -0.15) is 0 Å². The predicted molar refractivity (Wildman–Crippen MR) is 60.0 cm³/mol. The highest BCUT2D eigenvalue weighted by atomic mass is 16.5. The predicted octanol–water partition coefficient (Wildman–Crippen LogP) is -1.13. The Hall–Kier alpha value is -0.690. The number of hydrogen-bond acceptors (Lipinski definition) is 4. The van der Waals surface area contributed by atoms with Gasteiger partial charge < -0.3 is 25.2 Å². The fraction of sp³-hybridized carbons (Fsp3) is 0.900. The Balaban J connectivity index is 3.92. The highest BCUT2D eigenvalue weighted by Crippen LogP contribution is 2.08. The molecule has 0 rings (SSSR count). The Labute approximate surface area is 96.2 Å². The number of nitrogens with zero attached hydrogens (tertiary/aromatic N) is 1. The van der Waals surface area contributed by atoms with Gasteiger partial charge in [0.2, 0.25) is 0 Å². The zero-order chi connectivity index (χ0) is 12.8. The van der Waals surface area contributed by atoms with Gasteiger partial charge in [-0.15, -0.1) is 0 Å². The largest absolute Gasteiger partial charge is 0.477 e. The van der Waals surface area contributed by atoms with Crippen molar-refractivity contribution in [1.29, 1.82) is 0 Å². The molecule has 0 saturated heterocycles. The number of quaternary nitrogens is 1. The molecule has 0 heterocycles. The van der Waals surface area contributed by atoms with Crippen molar-refractivity contribution in [1.82, 2.24) is 0 Å². The summed E-state index contributed by atoms with van der Waals surface area (Å²) in [5.74, 6) is -0.838. The van der Waals surface area contributed by atoms with E-state index >= 15 is 0 Å². The van der Waals surface area contributed by atoms with Crippen molar-refractivity contribution < 1.29 is 24.2 Å². The third-order valence-corrected chi connectivity index (χ3v) is 2.34. The van der Waals surface area contributed by atoms with Crippen LogP contribution < -0.4 is 5.73 Å². The van der Waals surface area contributed by atoms with Crippen LogP contribution in [-0.2, 0) is 9.53 Å². The summed E-state index contributed by atoms with van der Waals surface area (Å²) in [6, 6.07) is -0.505. The van der Waals surface area contributed by atoms with E-state index in [0.29, 0.717) is 17.5 Å². The number of carboxylic acid groups (broad SMARTS) is 1. The van der Waals surface area contributed by atoms with Crippen molar-refractivity contribution in [2.24, 2.45) is 5.73 Å². The molecule has 0 aromatic carbocycles. The fourth-order valence-electron chi connectivity index (χ4n) is 1.32. The molecule has 0 aromatic rings. The monoisotopic (exact) mass is 235 g/mol. The van der Waals surface area contributed by atoms with Crippen LogP contribution in [0.1, 0.15) is 6.42 Å². The van der Waals surface area contributed by atoms with Crippen LogP contribution in [-0.4, -0.2) is 73.7 Å². The minimum absolute atomic E-state index is 0.150. The molecule has 16 heavy (non-hydrogen) atoms. The number of aliphatic hydroxyl groups is 1. The number of ether oxygens (including phenoxy) is 1. The highest BCUT2D eigenvalue weighted by molar-refractivity contribution is 5.72. The number of nitrogens with two attached hydrogens (primary N) is 1. The van der Waals surface area contributed by atoms with Crippen LogP contribution >= 0.6 is 0 Å². The normalized spacial score (nSPS) is 15.8. The number of carbonyl (C=O) groups is 1. The summed E-state index contributed by atoms with van der Waals surface area (Å²) in [5.41, 5.74) is 5.20. The molecule has 2 atom stereocenters. The van der Waals surface area contributed by atoms with Crippen molar-refractivity contribution in [3.63, 3.8) is 0 Å². The molecule has 6 heteroatoms. The van der Waals surface area contributed by atoms with E-state index in [1.807, 2.05) is 21.1 Å². The summed E-state index contributed by atoms with van der Waals surface area (Å²) in [6.07, 6.45) is -0.261.